The van der Waals surface area contributed by atoms with Gasteiger partial charge in [0.1, 0.15) is 0 Å². The van der Waals surface area contributed by atoms with Crippen LogP contribution in [0.3, 0.4) is 0 Å². The van der Waals surface area contributed by atoms with Crippen LogP contribution in [0.1, 0.15) is 23.0 Å². The molecule has 0 aromatic heterocycles. The summed E-state index contributed by atoms with van der Waals surface area (Å²) >= 11 is 3.52. The van der Waals surface area contributed by atoms with Crippen molar-refractivity contribution in [2.24, 2.45) is 11.8 Å². The first-order valence-corrected chi connectivity index (χ1v) is 4.96. The van der Waals surface area contributed by atoms with Gasteiger partial charge in [0.15, 0.2) is 0 Å². The maximum atomic E-state index is 3.52. The average Bonchev–Trinajstić information content (AvgIpc) is 2.79. The van der Waals surface area contributed by atoms with Crippen LogP contribution in [0, 0.1) is 11.8 Å². The second-order valence-corrected chi connectivity index (χ2v) is 4.90. The molecular weight excluding hydrogens is 200 g/mol. The Morgan fingerprint density at radius 3 is 2.55 bits per heavy atom. The molecule has 0 radical (unpaired) electrons. The van der Waals surface area contributed by atoms with Crippen LogP contribution in [0.5, 0.6) is 0 Å². The molecule has 5 rings (SSSR count). The third-order valence-corrected chi connectivity index (χ3v) is 4.08. The second kappa shape index (κ2) is 1.31. The summed E-state index contributed by atoms with van der Waals surface area (Å²) in [6.07, 6.45) is 0. The lowest BCUT2D eigenvalue weighted by molar-refractivity contribution is 0.774. The van der Waals surface area contributed by atoms with Crippen molar-refractivity contribution < 1.29 is 0 Å². The molecule has 4 aliphatic rings. The Morgan fingerprint density at radius 2 is 1.73 bits per heavy atom. The summed E-state index contributed by atoms with van der Waals surface area (Å²) < 4.78 is 1.25. The fraction of sp³-hybridized carbons (Fsp3) is 0.400. The fourth-order valence-electron chi connectivity index (χ4n) is 2.99. The van der Waals surface area contributed by atoms with Crippen molar-refractivity contribution in [1.29, 1.82) is 0 Å². The van der Waals surface area contributed by atoms with Crippen LogP contribution < -0.4 is 0 Å². The number of hydrogen-bond donors (Lipinski definition) is 0. The van der Waals surface area contributed by atoms with Gasteiger partial charge in [-0.1, -0.05) is 22.0 Å². The van der Waals surface area contributed by atoms with Crippen molar-refractivity contribution in [3.63, 3.8) is 0 Å². The van der Waals surface area contributed by atoms with Crippen molar-refractivity contribution >= 4 is 15.9 Å². The van der Waals surface area contributed by atoms with Gasteiger partial charge in [-0.3, -0.25) is 0 Å². The SMILES string of the molecule is Brc1ccc2c(c1)C1C3C2C13. The first-order valence-electron chi connectivity index (χ1n) is 4.17. The van der Waals surface area contributed by atoms with Gasteiger partial charge in [-0.05, 0) is 46.9 Å². The molecule has 2 bridgehead atoms. The molecule has 4 aliphatic carbocycles. The Hall–Kier alpha value is -0.300. The molecule has 54 valence electrons. The predicted molar refractivity (Wildman–Crippen MR) is 46.6 cm³/mol. The highest BCUT2D eigenvalue weighted by atomic mass is 79.9. The van der Waals surface area contributed by atoms with Crippen molar-refractivity contribution in [3.05, 3.63) is 33.8 Å². The third-order valence-electron chi connectivity index (χ3n) is 3.59. The molecule has 1 aromatic rings. The Bertz CT molecular complexity index is 359. The van der Waals surface area contributed by atoms with Gasteiger partial charge in [-0.15, -0.1) is 0 Å². The highest BCUT2D eigenvalue weighted by molar-refractivity contribution is 9.10. The highest BCUT2D eigenvalue weighted by Gasteiger charge is 2.79. The van der Waals surface area contributed by atoms with E-state index in [2.05, 4.69) is 34.1 Å². The van der Waals surface area contributed by atoms with E-state index in [0.29, 0.717) is 0 Å². The van der Waals surface area contributed by atoms with Crippen LogP contribution >= 0.6 is 15.9 Å². The van der Waals surface area contributed by atoms with Crippen LogP contribution in [-0.4, -0.2) is 0 Å². The molecule has 2 fully saturated rings. The molecule has 0 aliphatic heterocycles. The number of halogens is 1. The quantitative estimate of drug-likeness (QED) is 0.613. The first kappa shape index (κ1) is 5.36. The molecule has 1 aromatic carbocycles. The van der Waals surface area contributed by atoms with E-state index in [4.69, 9.17) is 0 Å². The van der Waals surface area contributed by atoms with E-state index < -0.39 is 0 Å². The predicted octanol–water partition coefficient (Wildman–Crippen LogP) is 2.89. The van der Waals surface area contributed by atoms with Gasteiger partial charge < -0.3 is 0 Å². The molecule has 0 amide bonds. The molecule has 0 heterocycles. The van der Waals surface area contributed by atoms with Crippen molar-refractivity contribution in [2.75, 3.05) is 0 Å². The van der Waals surface area contributed by atoms with E-state index in [-0.39, 0.29) is 0 Å². The topological polar surface area (TPSA) is 0 Å². The molecule has 2 unspecified atom stereocenters. The molecule has 2 saturated carbocycles. The zero-order valence-corrected chi connectivity index (χ0v) is 7.51. The fourth-order valence-corrected chi connectivity index (χ4v) is 3.37. The third kappa shape index (κ3) is 0.427. The van der Waals surface area contributed by atoms with Gasteiger partial charge in [0.2, 0.25) is 0 Å². The lowest BCUT2D eigenvalue weighted by Crippen LogP contribution is -1.77. The summed E-state index contributed by atoms with van der Waals surface area (Å²) in [7, 11) is 0. The van der Waals surface area contributed by atoms with Crippen LogP contribution in [0.2, 0.25) is 0 Å². The Labute approximate surface area is 73.7 Å². The molecular formula is C10H7Br. The largest absolute Gasteiger partial charge is 0.0573 e. The Kier molecular flexibility index (Phi) is 0.637. The summed E-state index contributed by atoms with van der Waals surface area (Å²) in [6, 6.07) is 6.81. The van der Waals surface area contributed by atoms with Crippen LogP contribution in [0.15, 0.2) is 22.7 Å². The minimum Gasteiger partial charge on any atom is -0.0573 e. The minimum absolute atomic E-state index is 0.993. The van der Waals surface area contributed by atoms with Gasteiger partial charge in [0.05, 0.1) is 0 Å². The maximum absolute atomic E-state index is 3.52. The zero-order chi connectivity index (χ0) is 7.16. The first-order chi connectivity index (χ1) is 5.38. The number of rotatable bonds is 0. The molecule has 2 atom stereocenters. The molecule has 0 spiro atoms. The lowest BCUT2D eigenvalue weighted by atomic mass is 10.1. The minimum atomic E-state index is 0.993. The summed E-state index contributed by atoms with van der Waals surface area (Å²) in [5.41, 5.74) is 3.31. The van der Waals surface area contributed by atoms with Crippen LogP contribution in [0.4, 0.5) is 0 Å². The smallest absolute Gasteiger partial charge is 0.0178 e. The highest BCUT2D eigenvalue weighted by Crippen LogP contribution is 2.87. The summed E-state index contributed by atoms with van der Waals surface area (Å²) in [6.45, 7) is 0. The van der Waals surface area contributed by atoms with E-state index in [0.717, 1.165) is 23.7 Å². The maximum Gasteiger partial charge on any atom is 0.0178 e. The lowest BCUT2D eigenvalue weighted by Gasteiger charge is -1.96. The van der Waals surface area contributed by atoms with Crippen molar-refractivity contribution in [3.8, 4) is 0 Å². The standard InChI is InChI=1S/C10H7Br/c11-4-1-2-5-6(3-4)8-9-7(5)10(8)9/h1-3,7-10H. The molecule has 0 N–H and O–H groups in total. The van der Waals surface area contributed by atoms with E-state index >= 15 is 0 Å². The molecule has 0 saturated heterocycles. The van der Waals surface area contributed by atoms with E-state index in [1.807, 2.05) is 0 Å². The average molecular weight is 207 g/mol. The summed E-state index contributed by atoms with van der Waals surface area (Å²) in [4.78, 5) is 0. The summed E-state index contributed by atoms with van der Waals surface area (Å²) in [5, 5.41) is 0. The second-order valence-electron chi connectivity index (χ2n) is 3.98. The van der Waals surface area contributed by atoms with Crippen LogP contribution in [-0.2, 0) is 0 Å². The van der Waals surface area contributed by atoms with E-state index in [1.165, 1.54) is 4.47 Å². The Balaban J connectivity index is 2.06. The van der Waals surface area contributed by atoms with Gasteiger partial charge in [-0.25, -0.2) is 0 Å². The molecule has 1 heteroatoms. The summed E-state index contributed by atoms with van der Waals surface area (Å²) in [5.74, 6) is 4.19. The number of benzene rings is 1. The van der Waals surface area contributed by atoms with Crippen molar-refractivity contribution in [1.82, 2.24) is 0 Å². The van der Waals surface area contributed by atoms with Gasteiger partial charge in [0.25, 0.3) is 0 Å². The monoisotopic (exact) mass is 206 g/mol. The number of hydrogen-bond acceptors (Lipinski definition) is 0. The molecule has 11 heavy (non-hydrogen) atoms. The Morgan fingerprint density at radius 1 is 1.00 bits per heavy atom. The van der Waals surface area contributed by atoms with Gasteiger partial charge >= 0.3 is 0 Å². The normalized spacial score (nSPS) is 46.6. The molecule has 0 nitrogen and oxygen atoms in total. The van der Waals surface area contributed by atoms with E-state index in [1.54, 1.807) is 11.1 Å². The van der Waals surface area contributed by atoms with Gasteiger partial charge in [-0.2, -0.15) is 0 Å². The zero-order valence-electron chi connectivity index (χ0n) is 5.92. The van der Waals surface area contributed by atoms with Crippen LogP contribution in [0.25, 0.3) is 0 Å². The van der Waals surface area contributed by atoms with E-state index in [9.17, 15) is 0 Å². The van der Waals surface area contributed by atoms with Gasteiger partial charge in [0, 0.05) is 4.47 Å². The van der Waals surface area contributed by atoms with Crippen molar-refractivity contribution in [2.45, 2.75) is 11.8 Å².